The molecular weight excluding hydrogens is 633 g/mol. The maximum absolute atomic E-state index is 13.7. The minimum absolute atomic E-state index is 0.0177. The Bertz CT molecular complexity index is 1580. The number of benzene rings is 1. The van der Waals surface area contributed by atoms with Crippen molar-refractivity contribution in [3.63, 3.8) is 0 Å². The van der Waals surface area contributed by atoms with Gasteiger partial charge in [-0.3, -0.25) is 4.79 Å². The van der Waals surface area contributed by atoms with Crippen LogP contribution in [0.2, 0.25) is 5.02 Å². The summed E-state index contributed by atoms with van der Waals surface area (Å²) in [7, 11) is -4.65. The van der Waals surface area contributed by atoms with Crippen LogP contribution in [-0.4, -0.2) is 70.7 Å². The number of likely N-dealkylation sites (tertiary alicyclic amines) is 1. The van der Waals surface area contributed by atoms with Crippen LogP contribution in [0.4, 0.5) is 22.0 Å². The van der Waals surface area contributed by atoms with Crippen molar-refractivity contribution in [3.05, 3.63) is 34.8 Å². The zero-order chi connectivity index (χ0) is 31.3. The molecule has 1 unspecified atom stereocenters. The number of nitrogens with one attached hydrogen (secondary N) is 1. The number of aliphatic hydroxyl groups is 1. The molecule has 10 nitrogen and oxygen atoms in total. The van der Waals surface area contributed by atoms with Crippen molar-refractivity contribution in [2.45, 2.75) is 68.7 Å². The Labute approximate surface area is 246 Å². The smallest absolute Gasteiger partial charge is 0.404 e. The molecule has 1 aromatic carbocycles. The first kappa shape index (κ1) is 32.2. The topological polar surface area (TPSA) is 139 Å². The summed E-state index contributed by atoms with van der Waals surface area (Å²) in [6, 6.07) is 0.811. The highest BCUT2D eigenvalue weighted by Gasteiger charge is 2.41. The number of carbonyl (C=O) groups excluding carboxylic acids is 1. The summed E-state index contributed by atoms with van der Waals surface area (Å²) >= 11 is 7.25. The third-order valence-corrected chi connectivity index (χ3v) is 9.20. The van der Waals surface area contributed by atoms with Crippen molar-refractivity contribution >= 4 is 38.9 Å². The van der Waals surface area contributed by atoms with E-state index in [1.54, 1.807) is 4.72 Å². The molecule has 1 aliphatic heterocycles. The monoisotopic (exact) mass is 657 g/mol. The van der Waals surface area contributed by atoms with Gasteiger partial charge in [0.1, 0.15) is 17.3 Å². The van der Waals surface area contributed by atoms with Crippen molar-refractivity contribution in [1.29, 1.82) is 0 Å². The minimum Gasteiger partial charge on any atom is -0.415 e. The number of thiazole rings is 1. The van der Waals surface area contributed by atoms with Crippen molar-refractivity contribution in [3.8, 4) is 21.3 Å². The normalized spacial score (nSPS) is 17.0. The molecule has 1 atom stereocenters. The molecule has 4 rings (SSSR count). The lowest BCUT2D eigenvalue weighted by atomic mass is 10.1. The fraction of sp³-hybridized carbons (Fsp3) is 0.500. The number of carbonyl (C=O) groups is 1. The fourth-order valence-corrected chi connectivity index (χ4v) is 6.71. The molecule has 0 spiro atoms. The lowest BCUT2D eigenvalue weighted by Crippen LogP contribution is -2.44. The van der Waals surface area contributed by atoms with Gasteiger partial charge in [0, 0.05) is 31.5 Å². The van der Waals surface area contributed by atoms with Crippen molar-refractivity contribution in [2.24, 2.45) is 0 Å². The van der Waals surface area contributed by atoms with Gasteiger partial charge in [-0.15, -0.1) is 21.5 Å². The molecule has 0 radical (unpaired) electrons. The molecule has 3 aromatic rings. The van der Waals surface area contributed by atoms with Crippen LogP contribution in [0.15, 0.2) is 27.5 Å². The van der Waals surface area contributed by atoms with Crippen LogP contribution in [0.5, 0.6) is 0 Å². The second kappa shape index (κ2) is 11.4. The SMILES string of the molecule is CCC(NS(=O)(=O)c1ccc(-c2sc(-c3nnc(C(C)(C)O)o3)nc2C(=O)N2CCC(F)(F)CC2)c(Cl)c1)C(F)(F)F. The van der Waals surface area contributed by atoms with Crippen molar-refractivity contribution in [1.82, 2.24) is 24.8 Å². The summed E-state index contributed by atoms with van der Waals surface area (Å²) in [6.07, 6.45) is -6.48. The van der Waals surface area contributed by atoms with Gasteiger partial charge in [-0.1, -0.05) is 24.6 Å². The Balaban J connectivity index is 1.75. The van der Waals surface area contributed by atoms with Gasteiger partial charge in [-0.2, -0.15) is 17.9 Å². The van der Waals surface area contributed by atoms with Crippen molar-refractivity contribution in [2.75, 3.05) is 13.1 Å². The molecule has 1 saturated heterocycles. The highest BCUT2D eigenvalue weighted by atomic mass is 35.5. The molecule has 18 heteroatoms. The van der Waals surface area contributed by atoms with E-state index < -0.39 is 63.8 Å². The highest BCUT2D eigenvalue weighted by molar-refractivity contribution is 7.89. The summed E-state index contributed by atoms with van der Waals surface area (Å²) in [5.74, 6) is -3.95. The Morgan fingerprint density at radius 2 is 1.88 bits per heavy atom. The summed E-state index contributed by atoms with van der Waals surface area (Å²) in [4.78, 5) is 18.5. The maximum atomic E-state index is 13.7. The fourth-order valence-electron chi connectivity index (χ4n) is 3.97. The van der Waals surface area contributed by atoms with E-state index in [0.29, 0.717) is 0 Å². The van der Waals surface area contributed by atoms with Gasteiger partial charge in [-0.05, 0) is 32.4 Å². The molecule has 3 heterocycles. The van der Waals surface area contributed by atoms with Crippen LogP contribution in [0.1, 0.15) is 56.4 Å². The molecule has 1 amide bonds. The Kier molecular flexibility index (Phi) is 8.74. The lowest BCUT2D eigenvalue weighted by molar-refractivity contribution is -0.151. The number of aromatic nitrogens is 3. The lowest BCUT2D eigenvalue weighted by Gasteiger charge is -2.31. The maximum Gasteiger partial charge on any atom is 0.404 e. The number of hydrogen-bond acceptors (Lipinski definition) is 9. The molecule has 230 valence electrons. The molecule has 2 N–H and O–H groups in total. The molecule has 1 aliphatic rings. The molecule has 0 aliphatic carbocycles. The molecular formula is C24H25ClF5N5O5S2. The standard InChI is InChI=1S/C24H25ClF5N5O5S2/c1-4-15(24(28,29)30)34-42(38,39)12-5-6-13(14(25)11-12)17-16(20(36)35-9-7-23(26,27)8-10-35)31-19(41-17)18-32-33-21(40-18)22(2,3)37/h5-6,11,15,34,37H,4,7-10H2,1-3H3. The first-order valence-electron chi connectivity index (χ1n) is 12.5. The molecule has 0 bridgehead atoms. The number of hydrogen-bond donors (Lipinski definition) is 2. The quantitative estimate of drug-likeness (QED) is 0.314. The second-order valence-corrected chi connectivity index (χ2v) is 13.2. The Hall–Kier alpha value is -2.73. The average molecular weight is 658 g/mol. The number of rotatable bonds is 8. The summed E-state index contributed by atoms with van der Waals surface area (Å²) in [5, 5.41) is 17.6. The number of piperidine rings is 1. The summed E-state index contributed by atoms with van der Waals surface area (Å²) < 4.78 is 99.6. The predicted octanol–water partition coefficient (Wildman–Crippen LogP) is 5.23. The van der Waals surface area contributed by atoms with E-state index in [9.17, 15) is 40.3 Å². The van der Waals surface area contributed by atoms with E-state index in [0.717, 1.165) is 23.5 Å². The van der Waals surface area contributed by atoms with E-state index in [2.05, 4.69) is 15.2 Å². The van der Waals surface area contributed by atoms with Crippen LogP contribution in [-0.2, 0) is 15.6 Å². The zero-order valence-electron chi connectivity index (χ0n) is 22.3. The van der Waals surface area contributed by atoms with E-state index in [1.165, 1.54) is 31.7 Å². The van der Waals surface area contributed by atoms with E-state index in [-0.39, 0.29) is 51.0 Å². The average Bonchev–Trinajstić information content (AvgIpc) is 3.54. The van der Waals surface area contributed by atoms with Crippen LogP contribution in [0.3, 0.4) is 0 Å². The molecule has 1 fully saturated rings. The van der Waals surface area contributed by atoms with Crippen molar-refractivity contribution < 1.29 is 44.7 Å². The minimum atomic E-state index is -4.82. The van der Waals surface area contributed by atoms with Gasteiger partial charge in [0.25, 0.3) is 17.7 Å². The Morgan fingerprint density at radius 3 is 2.40 bits per heavy atom. The number of halogens is 6. The summed E-state index contributed by atoms with van der Waals surface area (Å²) in [6.45, 7) is 3.47. The van der Waals surface area contributed by atoms with Crippen LogP contribution in [0.25, 0.3) is 21.3 Å². The van der Waals surface area contributed by atoms with Gasteiger partial charge in [-0.25, -0.2) is 22.2 Å². The third-order valence-electron chi connectivity index (χ3n) is 6.34. The molecule has 0 saturated carbocycles. The number of amides is 1. The van der Waals surface area contributed by atoms with Gasteiger partial charge in [0.15, 0.2) is 5.01 Å². The van der Waals surface area contributed by atoms with Gasteiger partial charge >= 0.3 is 6.18 Å². The Morgan fingerprint density at radius 1 is 1.24 bits per heavy atom. The molecule has 42 heavy (non-hydrogen) atoms. The first-order chi connectivity index (χ1) is 19.3. The summed E-state index contributed by atoms with van der Waals surface area (Å²) in [5.41, 5.74) is -1.62. The van der Waals surface area contributed by atoms with Gasteiger partial charge < -0.3 is 14.4 Å². The highest BCUT2D eigenvalue weighted by Crippen LogP contribution is 2.41. The first-order valence-corrected chi connectivity index (χ1v) is 15.1. The van der Waals surface area contributed by atoms with Gasteiger partial charge in [0.2, 0.25) is 15.9 Å². The van der Waals surface area contributed by atoms with Crippen LogP contribution < -0.4 is 4.72 Å². The third kappa shape index (κ3) is 6.90. The second-order valence-electron chi connectivity index (χ2n) is 10.1. The van der Waals surface area contributed by atoms with Crippen LogP contribution >= 0.6 is 22.9 Å². The zero-order valence-corrected chi connectivity index (χ0v) is 24.7. The van der Waals surface area contributed by atoms with E-state index >= 15 is 0 Å². The number of sulfonamides is 1. The van der Waals surface area contributed by atoms with E-state index in [4.69, 9.17) is 16.0 Å². The van der Waals surface area contributed by atoms with Gasteiger partial charge in [0.05, 0.1) is 14.8 Å². The largest absolute Gasteiger partial charge is 0.415 e. The van der Waals surface area contributed by atoms with Crippen LogP contribution in [0, 0.1) is 0 Å². The number of nitrogens with zero attached hydrogens (tertiary/aromatic N) is 4. The van der Waals surface area contributed by atoms with E-state index in [1.807, 2.05) is 0 Å². The molecule has 2 aromatic heterocycles. The number of alkyl halides is 5. The predicted molar refractivity (Wildman–Crippen MR) is 142 cm³/mol.